The van der Waals surface area contributed by atoms with Crippen molar-refractivity contribution in [2.75, 3.05) is 11.9 Å². The van der Waals surface area contributed by atoms with Crippen LogP contribution >= 0.6 is 15.9 Å². The Hall–Kier alpha value is -1.56. The van der Waals surface area contributed by atoms with E-state index in [0.717, 1.165) is 10.2 Å². The predicted molar refractivity (Wildman–Crippen MR) is 72.6 cm³/mol. The Kier molecular flexibility index (Phi) is 5.64. The van der Waals surface area contributed by atoms with Crippen LogP contribution in [0.2, 0.25) is 0 Å². The van der Waals surface area contributed by atoms with Gasteiger partial charge in [-0.1, -0.05) is 22.9 Å². The largest absolute Gasteiger partial charge is 0.465 e. The van der Waals surface area contributed by atoms with Crippen molar-refractivity contribution >= 4 is 33.6 Å². The molecule has 2 amide bonds. The molecule has 0 bridgehead atoms. The summed E-state index contributed by atoms with van der Waals surface area (Å²) in [6.45, 7) is 2.08. The molecule has 0 radical (unpaired) electrons. The molecule has 0 saturated heterocycles. The smallest absolute Gasteiger partial charge is 0.404 e. The number of nitrogens with one attached hydrogen (secondary N) is 2. The lowest BCUT2D eigenvalue weighted by Gasteiger charge is -2.11. The molecule has 0 aliphatic carbocycles. The van der Waals surface area contributed by atoms with Crippen LogP contribution in [0.3, 0.4) is 0 Å². The summed E-state index contributed by atoms with van der Waals surface area (Å²) in [6, 6.07) is 7.26. The number of hydrogen-bond acceptors (Lipinski definition) is 2. The lowest BCUT2D eigenvalue weighted by atomic mass is 10.1. The number of carbonyl (C=O) groups is 2. The summed E-state index contributed by atoms with van der Waals surface area (Å²) in [5, 5.41) is 13.4. The van der Waals surface area contributed by atoms with Gasteiger partial charge >= 0.3 is 6.09 Å². The number of halogens is 1. The van der Waals surface area contributed by atoms with Crippen LogP contribution in [0.1, 0.15) is 13.3 Å². The summed E-state index contributed by atoms with van der Waals surface area (Å²) >= 11 is 3.31. The zero-order valence-corrected chi connectivity index (χ0v) is 11.5. The maximum atomic E-state index is 11.7. The van der Waals surface area contributed by atoms with Crippen molar-refractivity contribution in [2.45, 2.75) is 13.3 Å². The number of hydrogen-bond donors (Lipinski definition) is 3. The summed E-state index contributed by atoms with van der Waals surface area (Å²) in [5.74, 6) is -0.173. The molecule has 98 valence electrons. The minimum Gasteiger partial charge on any atom is -0.465 e. The third-order valence-corrected chi connectivity index (χ3v) is 2.79. The molecule has 6 heteroatoms. The van der Waals surface area contributed by atoms with Gasteiger partial charge in [-0.2, -0.15) is 0 Å². The van der Waals surface area contributed by atoms with E-state index in [1.54, 1.807) is 12.1 Å². The van der Waals surface area contributed by atoms with Gasteiger partial charge in [0.25, 0.3) is 0 Å². The van der Waals surface area contributed by atoms with E-state index in [0.29, 0.717) is 0 Å². The molecule has 0 heterocycles. The molecule has 5 nitrogen and oxygen atoms in total. The molecule has 0 saturated carbocycles. The van der Waals surface area contributed by atoms with Crippen LogP contribution in [-0.4, -0.2) is 23.7 Å². The van der Waals surface area contributed by atoms with Crippen molar-refractivity contribution in [1.82, 2.24) is 5.32 Å². The highest BCUT2D eigenvalue weighted by Crippen LogP contribution is 2.14. The molecule has 0 spiro atoms. The Balaban J connectivity index is 2.37. The van der Waals surface area contributed by atoms with Gasteiger partial charge in [0.2, 0.25) is 5.91 Å². The fraction of sp³-hybridized carbons (Fsp3) is 0.333. The highest BCUT2D eigenvalue weighted by molar-refractivity contribution is 9.10. The standard InChI is InChI=1S/C12H15BrN2O3/c1-8(7-14-12(17)18)6-11(16)15-10-4-2-9(13)3-5-10/h2-5,8,14H,6-7H2,1H3,(H,15,16)(H,17,18). The topological polar surface area (TPSA) is 78.4 Å². The average molecular weight is 315 g/mol. The Bertz CT molecular complexity index is 420. The molecular weight excluding hydrogens is 300 g/mol. The van der Waals surface area contributed by atoms with Gasteiger partial charge in [0.15, 0.2) is 0 Å². The van der Waals surface area contributed by atoms with Gasteiger partial charge in [-0.25, -0.2) is 4.79 Å². The third-order valence-electron chi connectivity index (χ3n) is 2.26. The summed E-state index contributed by atoms with van der Waals surface area (Å²) in [4.78, 5) is 22.0. The van der Waals surface area contributed by atoms with Gasteiger partial charge in [-0.05, 0) is 30.2 Å². The van der Waals surface area contributed by atoms with Crippen molar-refractivity contribution in [3.63, 3.8) is 0 Å². The number of amides is 2. The highest BCUT2D eigenvalue weighted by atomic mass is 79.9. The number of benzene rings is 1. The van der Waals surface area contributed by atoms with Crippen molar-refractivity contribution in [1.29, 1.82) is 0 Å². The van der Waals surface area contributed by atoms with Crippen molar-refractivity contribution in [2.24, 2.45) is 5.92 Å². The van der Waals surface area contributed by atoms with E-state index in [2.05, 4.69) is 26.6 Å². The molecule has 0 aliphatic heterocycles. The van der Waals surface area contributed by atoms with Gasteiger partial charge in [-0.15, -0.1) is 0 Å². The third kappa shape index (κ3) is 5.67. The first kappa shape index (κ1) is 14.5. The second-order valence-corrected chi connectivity index (χ2v) is 4.97. The fourth-order valence-electron chi connectivity index (χ4n) is 1.40. The van der Waals surface area contributed by atoms with Gasteiger partial charge in [-0.3, -0.25) is 4.79 Å². The van der Waals surface area contributed by atoms with Crippen LogP contribution in [0.5, 0.6) is 0 Å². The van der Waals surface area contributed by atoms with Gasteiger partial charge in [0, 0.05) is 23.1 Å². The van der Waals surface area contributed by atoms with E-state index in [1.807, 2.05) is 19.1 Å². The van der Waals surface area contributed by atoms with Crippen LogP contribution in [0.4, 0.5) is 10.5 Å². The molecule has 18 heavy (non-hydrogen) atoms. The lowest BCUT2D eigenvalue weighted by Crippen LogP contribution is -2.28. The second kappa shape index (κ2) is 7.00. The summed E-state index contributed by atoms with van der Waals surface area (Å²) in [5.41, 5.74) is 0.724. The van der Waals surface area contributed by atoms with Gasteiger partial charge in [0.05, 0.1) is 0 Å². The van der Waals surface area contributed by atoms with Gasteiger partial charge in [0.1, 0.15) is 0 Å². The Labute approximate surface area is 114 Å². The first-order valence-corrected chi connectivity index (χ1v) is 6.29. The molecule has 1 aromatic rings. The first-order valence-electron chi connectivity index (χ1n) is 5.49. The summed E-state index contributed by atoms with van der Waals surface area (Å²) in [7, 11) is 0. The highest BCUT2D eigenvalue weighted by Gasteiger charge is 2.10. The SMILES string of the molecule is CC(CNC(=O)O)CC(=O)Nc1ccc(Br)cc1. The molecule has 1 rings (SSSR count). The Morgan fingerprint density at radius 3 is 2.50 bits per heavy atom. The van der Waals surface area contributed by atoms with E-state index in [4.69, 9.17) is 5.11 Å². The molecule has 0 aromatic heterocycles. The predicted octanol–water partition coefficient (Wildman–Crippen LogP) is 2.68. The van der Waals surface area contributed by atoms with Crippen LogP contribution < -0.4 is 10.6 Å². The van der Waals surface area contributed by atoms with Crippen LogP contribution in [0.25, 0.3) is 0 Å². The molecule has 1 unspecified atom stereocenters. The molecule has 1 atom stereocenters. The molecule has 0 fully saturated rings. The monoisotopic (exact) mass is 314 g/mol. The zero-order valence-electron chi connectivity index (χ0n) is 9.94. The Morgan fingerprint density at radius 1 is 1.33 bits per heavy atom. The Morgan fingerprint density at radius 2 is 1.94 bits per heavy atom. The van der Waals surface area contributed by atoms with E-state index in [-0.39, 0.29) is 24.8 Å². The average Bonchev–Trinajstić information content (AvgIpc) is 2.29. The normalized spacial score (nSPS) is 11.7. The van der Waals surface area contributed by atoms with E-state index in [9.17, 15) is 9.59 Å². The quantitative estimate of drug-likeness (QED) is 0.781. The maximum absolute atomic E-state index is 11.7. The lowest BCUT2D eigenvalue weighted by molar-refractivity contribution is -0.116. The van der Waals surface area contributed by atoms with Crippen molar-refractivity contribution in [3.8, 4) is 0 Å². The molecule has 0 aliphatic rings. The maximum Gasteiger partial charge on any atom is 0.404 e. The van der Waals surface area contributed by atoms with Gasteiger partial charge < -0.3 is 15.7 Å². The number of carbonyl (C=O) groups excluding carboxylic acids is 1. The molecule has 1 aromatic carbocycles. The second-order valence-electron chi connectivity index (χ2n) is 4.05. The van der Waals surface area contributed by atoms with E-state index in [1.165, 1.54) is 0 Å². The zero-order chi connectivity index (χ0) is 13.5. The number of anilines is 1. The minimum atomic E-state index is -1.07. The van der Waals surface area contributed by atoms with Crippen LogP contribution in [0.15, 0.2) is 28.7 Å². The number of rotatable bonds is 5. The van der Waals surface area contributed by atoms with E-state index < -0.39 is 6.09 Å². The summed E-state index contributed by atoms with van der Waals surface area (Å²) in [6.07, 6.45) is -0.800. The van der Waals surface area contributed by atoms with Crippen molar-refractivity contribution < 1.29 is 14.7 Å². The fourth-order valence-corrected chi connectivity index (χ4v) is 1.66. The molecular formula is C12H15BrN2O3. The van der Waals surface area contributed by atoms with Crippen molar-refractivity contribution in [3.05, 3.63) is 28.7 Å². The minimum absolute atomic E-state index is 0.0449. The summed E-state index contributed by atoms with van der Waals surface area (Å²) < 4.78 is 0.944. The van der Waals surface area contributed by atoms with E-state index >= 15 is 0 Å². The molecule has 3 N–H and O–H groups in total. The first-order chi connectivity index (χ1) is 8.47. The number of carboxylic acid groups (broad SMARTS) is 1. The van der Waals surface area contributed by atoms with Crippen LogP contribution in [0, 0.1) is 5.92 Å². The van der Waals surface area contributed by atoms with Crippen LogP contribution in [-0.2, 0) is 4.79 Å².